The van der Waals surface area contributed by atoms with Crippen molar-refractivity contribution in [3.8, 4) is 0 Å². The van der Waals surface area contributed by atoms with Gasteiger partial charge in [-0.15, -0.1) is 11.3 Å². The van der Waals surface area contributed by atoms with Gasteiger partial charge in [0, 0.05) is 23.5 Å². The van der Waals surface area contributed by atoms with E-state index in [0.717, 1.165) is 0 Å². The first-order chi connectivity index (χ1) is 6.36. The van der Waals surface area contributed by atoms with Crippen LogP contribution in [0.15, 0.2) is 36.2 Å². The second-order valence-electron chi connectivity index (χ2n) is 2.84. The van der Waals surface area contributed by atoms with E-state index in [1.807, 2.05) is 40.9 Å². The lowest BCUT2D eigenvalue weighted by Crippen LogP contribution is -2.15. The predicted molar refractivity (Wildman–Crippen MR) is 54.3 cm³/mol. The molecule has 0 fully saturated rings. The van der Waals surface area contributed by atoms with E-state index in [0.29, 0.717) is 6.04 Å². The summed E-state index contributed by atoms with van der Waals surface area (Å²) in [6.45, 7) is 2.12. The molecule has 0 aliphatic carbocycles. The lowest BCUT2D eigenvalue weighted by molar-refractivity contribution is 0.737. The summed E-state index contributed by atoms with van der Waals surface area (Å²) >= 11 is 1.67. The van der Waals surface area contributed by atoms with Crippen molar-refractivity contribution in [2.24, 2.45) is 0 Å². The van der Waals surface area contributed by atoms with Crippen molar-refractivity contribution in [3.63, 3.8) is 0 Å². The summed E-state index contributed by atoms with van der Waals surface area (Å²) < 4.78 is 1.95. The highest BCUT2D eigenvalue weighted by atomic mass is 32.1. The van der Waals surface area contributed by atoms with Gasteiger partial charge in [0.2, 0.25) is 0 Å². The molecule has 0 aliphatic rings. The fourth-order valence-corrected chi connectivity index (χ4v) is 1.77. The van der Waals surface area contributed by atoms with Crippen LogP contribution in [0.3, 0.4) is 0 Å². The molecule has 0 radical (unpaired) electrons. The molecule has 0 aromatic carbocycles. The van der Waals surface area contributed by atoms with E-state index < -0.39 is 0 Å². The standard InChI is InChI=1S/C9H11N3S/c1-8(9-6-10-7-13-9)11-12-4-2-3-5-12/h2-8,11H,1H3. The molecule has 3 nitrogen and oxygen atoms in total. The SMILES string of the molecule is CC(Nn1cccc1)c1cncs1. The Bertz CT molecular complexity index is 339. The Labute approximate surface area is 81.0 Å². The van der Waals surface area contributed by atoms with Gasteiger partial charge in [0.15, 0.2) is 0 Å². The topological polar surface area (TPSA) is 29.9 Å². The largest absolute Gasteiger partial charge is 0.318 e. The van der Waals surface area contributed by atoms with Crippen LogP contribution in [0.2, 0.25) is 0 Å². The minimum atomic E-state index is 0.305. The average molecular weight is 193 g/mol. The van der Waals surface area contributed by atoms with Crippen molar-refractivity contribution in [1.29, 1.82) is 0 Å². The Hall–Kier alpha value is -1.29. The lowest BCUT2D eigenvalue weighted by Gasteiger charge is -2.13. The van der Waals surface area contributed by atoms with Gasteiger partial charge < -0.3 is 5.43 Å². The first kappa shape index (κ1) is 8.31. The van der Waals surface area contributed by atoms with Gasteiger partial charge in [0.05, 0.1) is 11.6 Å². The molecule has 1 unspecified atom stereocenters. The monoisotopic (exact) mass is 193 g/mol. The van der Waals surface area contributed by atoms with E-state index in [1.54, 1.807) is 11.3 Å². The molecule has 2 aromatic rings. The van der Waals surface area contributed by atoms with Gasteiger partial charge in [-0.2, -0.15) is 0 Å². The van der Waals surface area contributed by atoms with Crippen LogP contribution in [0.25, 0.3) is 0 Å². The summed E-state index contributed by atoms with van der Waals surface area (Å²) in [6.07, 6.45) is 5.86. The number of thiazole rings is 1. The molecule has 0 saturated heterocycles. The lowest BCUT2D eigenvalue weighted by atomic mass is 10.3. The fourth-order valence-electron chi connectivity index (χ4n) is 1.15. The molecule has 68 valence electrons. The summed E-state index contributed by atoms with van der Waals surface area (Å²) in [7, 11) is 0. The molecular formula is C9H11N3S. The van der Waals surface area contributed by atoms with E-state index in [9.17, 15) is 0 Å². The summed E-state index contributed by atoms with van der Waals surface area (Å²) in [5, 5.41) is 0. The number of rotatable bonds is 3. The number of nitrogens with zero attached hydrogens (tertiary/aromatic N) is 2. The van der Waals surface area contributed by atoms with Gasteiger partial charge in [-0.05, 0) is 19.1 Å². The molecule has 13 heavy (non-hydrogen) atoms. The second kappa shape index (κ2) is 3.62. The molecule has 2 heterocycles. The van der Waals surface area contributed by atoms with E-state index in [2.05, 4.69) is 17.3 Å². The van der Waals surface area contributed by atoms with Gasteiger partial charge in [0.1, 0.15) is 0 Å². The zero-order valence-electron chi connectivity index (χ0n) is 7.34. The maximum absolute atomic E-state index is 4.04. The second-order valence-corrected chi connectivity index (χ2v) is 3.76. The molecule has 2 aromatic heterocycles. The summed E-state index contributed by atoms with van der Waals surface area (Å²) in [5.41, 5.74) is 5.16. The highest BCUT2D eigenvalue weighted by Gasteiger charge is 2.05. The normalized spacial score (nSPS) is 12.7. The summed E-state index contributed by atoms with van der Waals surface area (Å²) in [4.78, 5) is 5.29. The molecule has 1 atom stereocenters. The zero-order chi connectivity index (χ0) is 9.10. The van der Waals surface area contributed by atoms with Crippen LogP contribution in [-0.4, -0.2) is 9.66 Å². The Morgan fingerprint density at radius 1 is 1.46 bits per heavy atom. The number of aromatic nitrogens is 2. The van der Waals surface area contributed by atoms with Gasteiger partial charge in [-0.1, -0.05) is 0 Å². The molecule has 4 heteroatoms. The molecule has 2 rings (SSSR count). The fraction of sp³-hybridized carbons (Fsp3) is 0.222. The van der Waals surface area contributed by atoms with Crippen LogP contribution in [0.1, 0.15) is 17.8 Å². The van der Waals surface area contributed by atoms with Crippen LogP contribution in [0.4, 0.5) is 0 Å². The van der Waals surface area contributed by atoms with Gasteiger partial charge in [-0.3, -0.25) is 9.66 Å². The summed E-state index contributed by atoms with van der Waals surface area (Å²) in [5.74, 6) is 0. The predicted octanol–water partition coefficient (Wildman–Crippen LogP) is 2.25. The Morgan fingerprint density at radius 2 is 2.23 bits per heavy atom. The minimum Gasteiger partial charge on any atom is -0.318 e. The minimum absolute atomic E-state index is 0.305. The van der Waals surface area contributed by atoms with Crippen molar-refractivity contribution >= 4 is 11.3 Å². The highest BCUT2D eigenvalue weighted by Crippen LogP contribution is 2.16. The van der Waals surface area contributed by atoms with Crippen molar-refractivity contribution in [2.45, 2.75) is 13.0 Å². The smallest absolute Gasteiger partial charge is 0.0795 e. The first-order valence-electron chi connectivity index (χ1n) is 4.14. The van der Waals surface area contributed by atoms with Crippen LogP contribution in [0, 0.1) is 0 Å². The maximum atomic E-state index is 4.04. The Balaban J connectivity index is 2.04. The van der Waals surface area contributed by atoms with Crippen LogP contribution >= 0.6 is 11.3 Å². The van der Waals surface area contributed by atoms with Crippen molar-refractivity contribution in [2.75, 3.05) is 5.43 Å². The molecule has 0 aliphatic heterocycles. The molecule has 0 bridgehead atoms. The average Bonchev–Trinajstić information content (AvgIpc) is 2.74. The molecule has 0 amide bonds. The Morgan fingerprint density at radius 3 is 2.85 bits per heavy atom. The molecule has 0 saturated carbocycles. The van der Waals surface area contributed by atoms with E-state index >= 15 is 0 Å². The van der Waals surface area contributed by atoms with Crippen molar-refractivity contribution < 1.29 is 0 Å². The van der Waals surface area contributed by atoms with Gasteiger partial charge in [-0.25, -0.2) is 0 Å². The molecular weight excluding hydrogens is 182 g/mol. The highest BCUT2D eigenvalue weighted by molar-refractivity contribution is 7.09. The van der Waals surface area contributed by atoms with E-state index in [-0.39, 0.29) is 0 Å². The first-order valence-corrected chi connectivity index (χ1v) is 5.02. The number of hydrogen-bond donors (Lipinski definition) is 1. The third-order valence-corrected chi connectivity index (χ3v) is 2.78. The number of nitrogens with one attached hydrogen (secondary N) is 1. The quantitative estimate of drug-likeness (QED) is 0.810. The Kier molecular flexibility index (Phi) is 2.31. The van der Waals surface area contributed by atoms with Crippen molar-refractivity contribution in [1.82, 2.24) is 9.66 Å². The third kappa shape index (κ3) is 1.89. The molecule has 0 spiro atoms. The van der Waals surface area contributed by atoms with Gasteiger partial charge in [0.25, 0.3) is 0 Å². The number of hydrogen-bond acceptors (Lipinski definition) is 3. The third-order valence-electron chi connectivity index (χ3n) is 1.83. The molecule has 1 N–H and O–H groups in total. The summed E-state index contributed by atoms with van der Waals surface area (Å²) in [6, 6.07) is 4.29. The van der Waals surface area contributed by atoms with Crippen LogP contribution < -0.4 is 5.43 Å². The van der Waals surface area contributed by atoms with Gasteiger partial charge >= 0.3 is 0 Å². The van der Waals surface area contributed by atoms with E-state index in [1.165, 1.54) is 4.88 Å². The zero-order valence-corrected chi connectivity index (χ0v) is 8.16. The van der Waals surface area contributed by atoms with E-state index in [4.69, 9.17) is 0 Å². The van der Waals surface area contributed by atoms with Crippen LogP contribution in [0.5, 0.6) is 0 Å². The van der Waals surface area contributed by atoms with Crippen LogP contribution in [-0.2, 0) is 0 Å². The maximum Gasteiger partial charge on any atom is 0.0795 e. The van der Waals surface area contributed by atoms with Crippen molar-refractivity contribution in [3.05, 3.63) is 41.1 Å².